The van der Waals surface area contributed by atoms with Gasteiger partial charge in [-0.1, -0.05) is 24.4 Å². The molecule has 2 aliphatic carbocycles. The fourth-order valence-electron chi connectivity index (χ4n) is 4.17. The highest BCUT2D eigenvalue weighted by Crippen LogP contribution is 2.43. The maximum Gasteiger partial charge on any atom is 0.336 e. The number of halogens is 1. The van der Waals surface area contributed by atoms with Crippen molar-refractivity contribution in [2.24, 2.45) is 0 Å². The van der Waals surface area contributed by atoms with Crippen LogP contribution in [0.25, 0.3) is 16.7 Å². The quantitative estimate of drug-likeness (QED) is 0.665. The Morgan fingerprint density at radius 3 is 2.41 bits per heavy atom. The number of benzene rings is 1. The van der Waals surface area contributed by atoms with Crippen LogP contribution >= 0.6 is 11.6 Å². The minimum absolute atomic E-state index is 0.299. The molecule has 5 nitrogen and oxygen atoms in total. The predicted molar refractivity (Wildman–Crippen MR) is 104 cm³/mol. The predicted octanol–water partition coefficient (Wildman–Crippen LogP) is 5.31. The molecule has 0 aliphatic heterocycles. The molecular formula is C21H20ClN3O2. The van der Waals surface area contributed by atoms with E-state index < -0.39 is 5.97 Å². The van der Waals surface area contributed by atoms with Gasteiger partial charge in [0.15, 0.2) is 5.65 Å². The average Bonchev–Trinajstić information content (AvgIpc) is 3.23. The van der Waals surface area contributed by atoms with E-state index in [-0.39, 0.29) is 0 Å². The highest BCUT2D eigenvalue weighted by Gasteiger charge is 2.31. The lowest BCUT2D eigenvalue weighted by atomic mass is 9.98. The number of nitrogens with zero attached hydrogens (tertiary/aromatic N) is 3. The Labute approximate surface area is 162 Å². The summed E-state index contributed by atoms with van der Waals surface area (Å²) in [4.78, 5) is 17.0. The van der Waals surface area contributed by atoms with E-state index in [1.165, 1.54) is 0 Å². The molecule has 0 bridgehead atoms. The van der Waals surface area contributed by atoms with Gasteiger partial charge in [-0.05, 0) is 56.0 Å². The minimum Gasteiger partial charge on any atom is -0.478 e. The first-order valence-electron chi connectivity index (χ1n) is 9.54. The molecule has 0 saturated heterocycles. The van der Waals surface area contributed by atoms with Crippen LogP contribution in [-0.2, 0) is 0 Å². The van der Waals surface area contributed by atoms with Crippen molar-refractivity contribution >= 4 is 28.6 Å². The normalized spacial score (nSPS) is 17.7. The Hall–Kier alpha value is -2.40. The van der Waals surface area contributed by atoms with Gasteiger partial charge in [0.1, 0.15) is 0 Å². The molecule has 3 aromatic rings. The zero-order valence-electron chi connectivity index (χ0n) is 14.9. The summed E-state index contributed by atoms with van der Waals surface area (Å²) in [5.74, 6) is -0.233. The molecule has 138 valence electrons. The van der Waals surface area contributed by atoms with Crippen LogP contribution in [0.15, 0.2) is 30.3 Å². The third kappa shape index (κ3) is 2.90. The lowest BCUT2D eigenvalue weighted by Crippen LogP contribution is -2.04. The Kier molecular flexibility index (Phi) is 3.93. The van der Waals surface area contributed by atoms with Crippen molar-refractivity contribution in [3.05, 3.63) is 52.3 Å². The lowest BCUT2D eigenvalue weighted by Gasteiger charge is -2.08. The molecule has 2 heterocycles. The Morgan fingerprint density at radius 2 is 1.78 bits per heavy atom. The van der Waals surface area contributed by atoms with Crippen LogP contribution in [0.3, 0.4) is 0 Å². The van der Waals surface area contributed by atoms with Gasteiger partial charge in [0, 0.05) is 22.6 Å². The number of hydrogen-bond donors (Lipinski definition) is 1. The van der Waals surface area contributed by atoms with Crippen LogP contribution in [0.4, 0.5) is 0 Å². The molecule has 2 aliphatic rings. The van der Waals surface area contributed by atoms with E-state index in [1.807, 2.05) is 24.3 Å². The monoisotopic (exact) mass is 381 g/mol. The molecule has 0 radical (unpaired) electrons. The molecule has 0 amide bonds. The highest BCUT2D eigenvalue weighted by atomic mass is 35.5. The number of pyridine rings is 1. The molecule has 6 heteroatoms. The van der Waals surface area contributed by atoms with Crippen LogP contribution in [-0.4, -0.2) is 25.8 Å². The zero-order chi connectivity index (χ0) is 18.5. The molecule has 5 rings (SSSR count). The molecule has 0 spiro atoms. The standard InChI is InChI=1S/C21H20ClN3O2/c22-14-7-9-15(10-8-14)25-20-18(19(24-25)13-3-1-2-4-13)16(21(26)27)11-17(23-20)12-5-6-12/h7-13H,1-6H2,(H,26,27). The third-order valence-corrected chi connectivity index (χ3v) is 5.98. The van der Waals surface area contributed by atoms with E-state index in [4.69, 9.17) is 21.7 Å². The molecule has 2 saturated carbocycles. The van der Waals surface area contributed by atoms with Crippen molar-refractivity contribution < 1.29 is 9.90 Å². The zero-order valence-corrected chi connectivity index (χ0v) is 15.6. The molecule has 2 fully saturated rings. The summed E-state index contributed by atoms with van der Waals surface area (Å²) >= 11 is 6.05. The number of carboxylic acids is 1. The smallest absolute Gasteiger partial charge is 0.336 e. The second kappa shape index (κ2) is 6.34. The Bertz CT molecular complexity index is 1030. The van der Waals surface area contributed by atoms with Crippen molar-refractivity contribution in [1.29, 1.82) is 0 Å². The lowest BCUT2D eigenvalue weighted by molar-refractivity contribution is 0.0698. The van der Waals surface area contributed by atoms with Gasteiger partial charge in [0.2, 0.25) is 0 Å². The first-order valence-corrected chi connectivity index (χ1v) is 9.92. The number of carbonyl (C=O) groups is 1. The second-order valence-electron chi connectivity index (χ2n) is 7.63. The van der Waals surface area contributed by atoms with Crippen LogP contribution in [0, 0.1) is 0 Å². The summed E-state index contributed by atoms with van der Waals surface area (Å²) in [6.07, 6.45) is 6.57. The van der Waals surface area contributed by atoms with Gasteiger partial charge in [0.05, 0.1) is 22.3 Å². The fraction of sp³-hybridized carbons (Fsp3) is 0.381. The number of aromatic nitrogens is 3. The Balaban J connectivity index is 1.80. The van der Waals surface area contributed by atoms with E-state index in [1.54, 1.807) is 10.7 Å². The molecule has 1 aromatic carbocycles. The van der Waals surface area contributed by atoms with Gasteiger partial charge in [-0.25, -0.2) is 14.5 Å². The van der Waals surface area contributed by atoms with Crippen molar-refractivity contribution in [2.45, 2.75) is 50.4 Å². The number of aromatic carboxylic acids is 1. The van der Waals surface area contributed by atoms with E-state index in [9.17, 15) is 9.90 Å². The van der Waals surface area contributed by atoms with Crippen molar-refractivity contribution in [2.75, 3.05) is 0 Å². The number of fused-ring (bicyclic) bond motifs is 1. The van der Waals surface area contributed by atoms with Crippen molar-refractivity contribution in [3.63, 3.8) is 0 Å². The van der Waals surface area contributed by atoms with Crippen LogP contribution < -0.4 is 0 Å². The third-order valence-electron chi connectivity index (χ3n) is 5.72. The van der Waals surface area contributed by atoms with Gasteiger partial charge < -0.3 is 5.11 Å². The molecule has 1 N–H and O–H groups in total. The van der Waals surface area contributed by atoms with Gasteiger partial charge in [-0.3, -0.25) is 0 Å². The van der Waals surface area contributed by atoms with E-state index >= 15 is 0 Å². The number of rotatable bonds is 4. The van der Waals surface area contributed by atoms with Crippen molar-refractivity contribution in [1.82, 2.24) is 14.8 Å². The molecule has 0 atom stereocenters. The first-order chi connectivity index (χ1) is 13.1. The fourth-order valence-corrected chi connectivity index (χ4v) is 4.29. The maximum atomic E-state index is 12.1. The van der Waals surface area contributed by atoms with Crippen LogP contribution in [0.2, 0.25) is 5.02 Å². The van der Waals surface area contributed by atoms with Crippen molar-refractivity contribution in [3.8, 4) is 5.69 Å². The molecule has 2 aromatic heterocycles. The number of hydrogen-bond acceptors (Lipinski definition) is 3. The SMILES string of the molecule is O=C(O)c1cc(C2CC2)nc2c1c(C1CCCC1)nn2-c1ccc(Cl)cc1. The summed E-state index contributed by atoms with van der Waals surface area (Å²) in [7, 11) is 0. The topological polar surface area (TPSA) is 68.0 Å². The molecular weight excluding hydrogens is 362 g/mol. The average molecular weight is 382 g/mol. The van der Waals surface area contributed by atoms with Crippen LogP contribution in [0.5, 0.6) is 0 Å². The highest BCUT2D eigenvalue weighted by molar-refractivity contribution is 6.30. The number of carboxylic acid groups (broad SMARTS) is 1. The summed E-state index contributed by atoms with van der Waals surface area (Å²) in [6, 6.07) is 9.22. The van der Waals surface area contributed by atoms with Gasteiger partial charge in [-0.15, -0.1) is 0 Å². The van der Waals surface area contributed by atoms with Crippen LogP contribution in [0.1, 0.15) is 72.1 Å². The largest absolute Gasteiger partial charge is 0.478 e. The van der Waals surface area contributed by atoms with Gasteiger partial charge in [-0.2, -0.15) is 5.10 Å². The summed E-state index contributed by atoms with van der Waals surface area (Å²) in [5.41, 5.74) is 3.59. The van der Waals surface area contributed by atoms with E-state index in [0.717, 1.165) is 55.6 Å². The summed E-state index contributed by atoms with van der Waals surface area (Å²) in [6.45, 7) is 0. The van der Waals surface area contributed by atoms with E-state index in [0.29, 0.717) is 33.5 Å². The minimum atomic E-state index is -0.904. The molecule has 0 unspecified atom stereocenters. The van der Waals surface area contributed by atoms with E-state index in [2.05, 4.69) is 0 Å². The van der Waals surface area contributed by atoms with Gasteiger partial charge >= 0.3 is 5.97 Å². The maximum absolute atomic E-state index is 12.1. The Morgan fingerprint density at radius 1 is 1.07 bits per heavy atom. The second-order valence-corrected chi connectivity index (χ2v) is 8.06. The van der Waals surface area contributed by atoms with Gasteiger partial charge in [0.25, 0.3) is 0 Å². The summed E-state index contributed by atoms with van der Waals surface area (Å²) in [5, 5.41) is 16.2. The summed E-state index contributed by atoms with van der Waals surface area (Å²) < 4.78 is 1.80. The first kappa shape index (κ1) is 16.8. The molecule has 27 heavy (non-hydrogen) atoms.